The summed E-state index contributed by atoms with van der Waals surface area (Å²) in [5.41, 5.74) is 2.02. The van der Waals surface area contributed by atoms with Gasteiger partial charge in [-0.1, -0.05) is 13.8 Å². The average molecular weight is 204 g/mol. The lowest BCUT2D eigenvalue weighted by molar-refractivity contribution is 0.833. The molecule has 2 aromatic heterocycles. The zero-order chi connectivity index (χ0) is 11.3. The maximum absolute atomic E-state index is 4.20. The number of hydrogen-bond donors (Lipinski definition) is 0. The van der Waals surface area contributed by atoms with Gasteiger partial charge < -0.3 is 0 Å². The first kappa shape index (κ1) is 11.4. The minimum Gasteiger partial charge on any atom is -0.256 e. The van der Waals surface area contributed by atoms with Crippen LogP contribution in [0, 0.1) is 13.8 Å². The predicted octanol–water partition coefficient (Wildman–Crippen LogP) is 2.31. The number of rotatable bonds is 1. The molecule has 0 fully saturated rings. The Morgan fingerprint density at radius 3 is 2.20 bits per heavy atom. The topological polar surface area (TPSA) is 43.6 Å². The van der Waals surface area contributed by atoms with E-state index in [1.165, 1.54) is 0 Å². The maximum atomic E-state index is 4.20. The lowest BCUT2D eigenvalue weighted by Crippen LogP contribution is -1.98. The third kappa shape index (κ3) is 2.87. The van der Waals surface area contributed by atoms with E-state index in [1.54, 1.807) is 23.3 Å². The largest absolute Gasteiger partial charge is 0.256 e. The fourth-order valence-corrected chi connectivity index (χ4v) is 1.04. The van der Waals surface area contributed by atoms with Crippen LogP contribution in [0.2, 0.25) is 0 Å². The van der Waals surface area contributed by atoms with Crippen molar-refractivity contribution < 1.29 is 0 Å². The molecule has 2 aromatic rings. The van der Waals surface area contributed by atoms with E-state index >= 15 is 0 Å². The zero-order valence-corrected chi connectivity index (χ0v) is 9.60. The van der Waals surface area contributed by atoms with Gasteiger partial charge in [-0.05, 0) is 19.4 Å². The first-order valence-electron chi connectivity index (χ1n) is 5.06. The average Bonchev–Trinajstić information content (AvgIpc) is 2.69. The Labute approximate surface area is 90.0 Å². The van der Waals surface area contributed by atoms with Gasteiger partial charge in [0.05, 0.1) is 24.3 Å². The normalized spacial score (nSPS) is 9.33. The summed E-state index contributed by atoms with van der Waals surface area (Å²) in [6.07, 6.45) is 7.15. The Balaban J connectivity index is 0.000000531. The molecule has 0 aliphatic rings. The highest BCUT2D eigenvalue weighted by molar-refractivity contribution is 5.19. The Morgan fingerprint density at radius 2 is 1.73 bits per heavy atom. The summed E-state index contributed by atoms with van der Waals surface area (Å²) < 4.78 is 1.71. The van der Waals surface area contributed by atoms with Crippen molar-refractivity contribution in [3.8, 4) is 5.82 Å². The van der Waals surface area contributed by atoms with Gasteiger partial charge in [0.15, 0.2) is 5.82 Å². The third-order valence-corrected chi connectivity index (χ3v) is 1.71. The Morgan fingerprint density at radius 1 is 1.00 bits per heavy atom. The zero-order valence-electron chi connectivity index (χ0n) is 9.60. The molecule has 0 bridgehead atoms. The van der Waals surface area contributed by atoms with Gasteiger partial charge in [0.2, 0.25) is 0 Å². The molecule has 0 saturated carbocycles. The Kier molecular flexibility index (Phi) is 3.97. The molecule has 2 rings (SSSR count). The molecule has 0 aliphatic carbocycles. The molecular formula is C11H16N4. The van der Waals surface area contributed by atoms with Crippen molar-refractivity contribution in [2.75, 3.05) is 0 Å². The van der Waals surface area contributed by atoms with E-state index in [1.807, 2.05) is 33.9 Å². The molecule has 0 atom stereocenters. The van der Waals surface area contributed by atoms with Crippen LogP contribution in [0.5, 0.6) is 0 Å². The summed E-state index contributed by atoms with van der Waals surface area (Å²) in [4.78, 5) is 8.34. The second kappa shape index (κ2) is 5.24. The van der Waals surface area contributed by atoms with E-state index in [2.05, 4.69) is 15.1 Å². The molecule has 0 radical (unpaired) electrons. The first-order valence-corrected chi connectivity index (χ1v) is 5.06. The smallest absolute Gasteiger partial charge is 0.171 e. The predicted molar refractivity (Wildman–Crippen MR) is 60.0 cm³/mol. The van der Waals surface area contributed by atoms with Crippen LogP contribution in [0.25, 0.3) is 5.82 Å². The van der Waals surface area contributed by atoms with Gasteiger partial charge in [-0.2, -0.15) is 5.10 Å². The van der Waals surface area contributed by atoms with E-state index in [-0.39, 0.29) is 0 Å². The summed E-state index contributed by atoms with van der Waals surface area (Å²) in [5, 5.41) is 4.13. The summed E-state index contributed by atoms with van der Waals surface area (Å²) in [6.45, 7) is 7.90. The molecule has 0 amide bonds. The molecular weight excluding hydrogens is 188 g/mol. The van der Waals surface area contributed by atoms with Crippen molar-refractivity contribution in [2.45, 2.75) is 27.7 Å². The molecule has 0 N–H and O–H groups in total. The maximum Gasteiger partial charge on any atom is 0.171 e. The minimum absolute atomic E-state index is 0.749. The fraction of sp³-hybridized carbons (Fsp3) is 0.364. The van der Waals surface area contributed by atoms with Crippen LogP contribution in [-0.4, -0.2) is 19.7 Å². The molecule has 4 nitrogen and oxygen atoms in total. The van der Waals surface area contributed by atoms with Crippen molar-refractivity contribution in [1.82, 2.24) is 19.7 Å². The van der Waals surface area contributed by atoms with Gasteiger partial charge in [0, 0.05) is 6.20 Å². The van der Waals surface area contributed by atoms with Crippen LogP contribution in [0.15, 0.2) is 24.8 Å². The molecule has 0 aliphatic heterocycles. The summed E-state index contributed by atoms with van der Waals surface area (Å²) >= 11 is 0. The minimum atomic E-state index is 0.749. The van der Waals surface area contributed by atoms with E-state index < -0.39 is 0 Å². The number of aromatic nitrogens is 4. The van der Waals surface area contributed by atoms with E-state index in [9.17, 15) is 0 Å². The van der Waals surface area contributed by atoms with Crippen LogP contribution in [0.1, 0.15) is 25.1 Å². The second-order valence-corrected chi connectivity index (χ2v) is 2.98. The molecule has 0 unspecified atom stereocenters. The number of hydrogen-bond acceptors (Lipinski definition) is 3. The van der Waals surface area contributed by atoms with Crippen molar-refractivity contribution >= 4 is 0 Å². The van der Waals surface area contributed by atoms with Crippen molar-refractivity contribution in [2.24, 2.45) is 0 Å². The number of aryl methyl sites for hydroxylation is 2. The lowest BCUT2D eigenvalue weighted by Gasteiger charge is -1.98. The highest BCUT2D eigenvalue weighted by Gasteiger charge is 1.98. The van der Waals surface area contributed by atoms with Crippen LogP contribution >= 0.6 is 0 Å². The van der Waals surface area contributed by atoms with E-state index in [4.69, 9.17) is 0 Å². The van der Waals surface area contributed by atoms with Gasteiger partial charge in [0.1, 0.15) is 0 Å². The molecule has 2 heterocycles. The van der Waals surface area contributed by atoms with E-state index in [0.717, 1.165) is 17.1 Å². The van der Waals surface area contributed by atoms with Gasteiger partial charge in [0.25, 0.3) is 0 Å². The molecule has 80 valence electrons. The van der Waals surface area contributed by atoms with Crippen LogP contribution in [0.4, 0.5) is 0 Å². The van der Waals surface area contributed by atoms with Gasteiger partial charge in [-0.3, -0.25) is 4.98 Å². The van der Waals surface area contributed by atoms with Gasteiger partial charge in [-0.25, -0.2) is 9.67 Å². The monoisotopic (exact) mass is 204 g/mol. The molecule has 4 heteroatoms. The highest BCUT2D eigenvalue weighted by Crippen LogP contribution is 2.02. The second-order valence-electron chi connectivity index (χ2n) is 2.98. The van der Waals surface area contributed by atoms with Crippen molar-refractivity contribution in [3.63, 3.8) is 0 Å². The van der Waals surface area contributed by atoms with Crippen LogP contribution in [-0.2, 0) is 0 Å². The quantitative estimate of drug-likeness (QED) is 0.716. The van der Waals surface area contributed by atoms with Crippen molar-refractivity contribution in [1.29, 1.82) is 0 Å². The lowest BCUT2D eigenvalue weighted by atomic mass is 10.4. The van der Waals surface area contributed by atoms with Crippen LogP contribution in [0.3, 0.4) is 0 Å². The third-order valence-electron chi connectivity index (χ3n) is 1.71. The SMILES string of the molecule is CC.Cc1cnn(-c2cnc(C)cn2)c1. The first-order chi connectivity index (χ1) is 7.25. The molecule has 15 heavy (non-hydrogen) atoms. The summed E-state index contributed by atoms with van der Waals surface area (Å²) in [5.74, 6) is 0.749. The number of nitrogens with zero attached hydrogens (tertiary/aromatic N) is 4. The molecule has 0 aromatic carbocycles. The Hall–Kier alpha value is -1.71. The highest BCUT2D eigenvalue weighted by atomic mass is 15.3. The van der Waals surface area contributed by atoms with Crippen LogP contribution < -0.4 is 0 Å². The standard InChI is InChI=1S/C9H10N4.C2H6/c1-7-3-12-13(6-7)9-5-10-8(2)4-11-9;1-2/h3-6H,1-2H3;1-2H3. The summed E-state index contributed by atoms with van der Waals surface area (Å²) in [6, 6.07) is 0. The van der Waals surface area contributed by atoms with Gasteiger partial charge in [-0.15, -0.1) is 0 Å². The van der Waals surface area contributed by atoms with Crippen molar-refractivity contribution in [3.05, 3.63) is 36.0 Å². The van der Waals surface area contributed by atoms with Gasteiger partial charge >= 0.3 is 0 Å². The Bertz CT molecular complexity index is 403. The molecule has 0 saturated heterocycles. The summed E-state index contributed by atoms with van der Waals surface area (Å²) in [7, 11) is 0. The fourth-order valence-electron chi connectivity index (χ4n) is 1.04. The molecule has 0 spiro atoms. The van der Waals surface area contributed by atoms with E-state index in [0.29, 0.717) is 0 Å².